The summed E-state index contributed by atoms with van der Waals surface area (Å²) in [5, 5.41) is 6.83. The molecule has 0 amide bonds. The number of hydrogen-bond donors (Lipinski definition) is 2. The van der Waals surface area contributed by atoms with Crippen LogP contribution in [0, 0.1) is 13.8 Å². The van der Waals surface area contributed by atoms with Gasteiger partial charge in [-0.05, 0) is 25.5 Å². The summed E-state index contributed by atoms with van der Waals surface area (Å²) in [5.41, 5.74) is 8.35. The maximum atomic E-state index is 5.72. The van der Waals surface area contributed by atoms with Crippen LogP contribution in [0.3, 0.4) is 0 Å². The highest BCUT2D eigenvalue weighted by atomic mass is 32.1. The standard InChI is InChI=1S/C11H13N5OS/c1-6-3-7(2)15-11(9(6)10(12)18)13-4-8-14-5-17-16-8/h3,5H,4H2,1-2H3,(H2,12,18)(H,13,15). The molecule has 0 bridgehead atoms. The van der Waals surface area contributed by atoms with Crippen LogP contribution >= 0.6 is 12.2 Å². The van der Waals surface area contributed by atoms with Gasteiger partial charge in [-0.15, -0.1) is 0 Å². The number of hydrogen-bond acceptors (Lipinski definition) is 6. The van der Waals surface area contributed by atoms with Gasteiger partial charge >= 0.3 is 0 Å². The van der Waals surface area contributed by atoms with Crippen molar-refractivity contribution >= 4 is 23.0 Å². The zero-order valence-corrected chi connectivity index (χ0v) is 10.9. The highest BCUT2D eigenvalue weighted by molar-refractivity contribution is 7.80. The SMILES string of the molecule is Cc1cc(C)c(C(N)=S)c(NCc2ncon2)n1. The molecule has 0 aromatic carbocycles. The first-order chi connectivity index (χ1) is 8.58. The van der Waals surface area contributed by atoms with Crippen molar-refractivity contribution in [3.63, 3.8) is 0 Å². The lowest BCUT2D eigenvalue weighted by molar-refractivity contribution is 0.411. The molecule has 2 aromatic heterocycles. The number of pyridine rings is 1. The molecule has 7 heteroatoms. The molecule has 0 saturated carbocycles. The predicted octanol–water partition coefficient (Wildman–Crippen LogP) is 1.33. The molecule has 0 aliphatic rings. The Hall–Kier alpha value is -2.02. The van der Waals surface area contributed by atoms with E-state index in [1.54, 1.807) is 0 Å². The minimum absolute atomic E-state index is 0.315. The lowest BCUT2D eigenvalue weighted by Gasteiger charge is -2.12. The van der Waals surface area contributed by atoms with Gasteiger partial charge in [-0.2, -0.15) is 4.98 Å². The molecule has 0 spiro atoms. The fraction of sp³-hybridized carbons (Fsp3) is 0.273. The van der Waals surface area contributed by atoms with Crippen molar-refractivity contribution in [1.29, 1.82) is 0 Å². The van der Waals surface area contributed by atoms with E-state index in [4.69, 9.17) is 18.0 Å². The summed E-state index contributed by atoms with van der Waals surface area (Å²) >= 11 is 5.04. The summed E-state index contributed by atoms with van der Waals surface area (Å²) < 4.78 is 4.66. The van der Waals surface area contributed by atoms with Gasteiger partial charge in [0, 0.05) is 5.69 Å². The normalized spacial score (nSPS) is 10.3. The quantitative estimate of drug-likeness (QED) is 0.804. The molecule has 0 atom stereocenters. The number of nitrogens with zero attached hydrogens (tertiary/aromatic N) is 3. The fourth-order valence-corrected chi connectivity index (χ4v) is 1.97. The molecule has 2 heterocycles. The molecule has 6 nitrogen and oxygen atoms in total. The molecule has 0 saturated heterocycles. The van der Waals surface area contributed by atoms with Gasteiger partial charge in [-0.25, -0.2) is 4.98 Å². The summed E-state index contributed by atoms with van der Waals surface area (Å²) in [7, 11) is 0. The first-order valence-corrected chi connectivity index (χ1v) is 5.76. The Bertz CT molecular complexity index is 567. The van der Waals surface area contributed by atoms with Gasteiger partial charge in [0.05, 0.1) is 12.1 Å². The summed E-state index contributed by atoms with van der Waals surface area (Å²) in [6, 6.07) is 1.94. The largest absolute Gasteiger partial charge is 0.389 e. The van der Waals surface area contributed by atoms with Crippen molar-refractivity contribution < 1.29 is 4.52 Å². The number of aryl methyl sites for hydroxylation is 2. The molecule has 0 unspecified atom stereocenters. The van der Waals surface area contributed by atoms with Crippen LogP contribution in [0.25, 0.3) is 0 Å². The maximum absolute atomic E-state index is 5.72. The van der Waals surface area contributed by atoms with Crippen molar-refractivity contribution in [2.45, 2.75) is 20.4 Å². The average molecular weight is 263 g/mol. The Labute approximate surface area is 110 Å². The lowest BCUT2D eigenvalue weighted by atomic mass is 10.1. The summed E-state index contributed by atoms with van der Waals surface area (Å²) in [6.45, 7) is 4.26. The van der Waals surface area contributed by atoms with Crippen LogP contribution in [0.5, 0.6) is 0 Å². The molecule has 0 aliphatic carbocycles. The first-order valence-electron chi connectivity index (χ1n) is 5.35. The predicted molar refractivity (Wildman–Crippen MR) is 71.2 cm³/mol. The van der Waals surface area contributed by atoms with Crippen LogP contribution in [0.1, 0.15) is 22.6 Å². The molecule has 0 aliphatic heterocycles. The third kappa shape index (κ3) is 2.62. The van der Waals surface area contributed by atoms with E-state index < -0.39 is 0 Å². The van der Waals surface area contributed by atoms with E-state index in [2.05, 4.69) is 25.0 Å². The maximum Gasteiger partial charge on any atom is 0.213 e. The van der Waals surface area contributed by atoms with Gasteiger partial charge in [-0.1, -0.05) is 17.4 Å². The Kier molecular flexibility index (Phi) is 3.52. The summed E-state index contributed by atoms with van der Waals surface area (Å²) in [5.74, 6) is 1.19. The molecule has 2 aromatic rings. The van der Waals surface area contributed by atoms with E-state index in [1.807, 2.05) is 19.9 Å². The number of aromatic nitrogens is 3. The molecule has 3 N–H and O–H groups in total. The summed E-state index contributed by atoms with van der Waals surface area (Å²) in [6.07, 6.45) is 1.28. The second kappa shape index (κ2) is 5.09. The van der Waals surface area contributed by atoms with Crippen LogP contribution in [0.2, 0.25) is 0 Å². The van der Waals surface area contributed by atoms with E-state index in [0.29, 0.717) is 23.2 Å². The number of anilines is 1. The molecule has 0 fully saturated rings. The van der Waals surface area contributed by atoms with Crippen molar-refractivity contribution in [3.05, 3.63) is 35.1 Å². The number of nitrogens with two attached hydrogens (primary N) is 1. The second-order valence-corrected chi connectivity index (χ2v) is 4.31. The van der Waals surface area contributed by atoms with Crippen LogP contribution in [-0.2, 0) is 6.54 Å². The van der Waals surface area contributed by atoms with Crippen LogP contribution in [0.15, 0.2) is 17.0 Å². The summed E-state index contributed by atoms with van der Waals surface area (Å²) in [4.78, 5) is 8.62. The Morgan fingerprint density at radius 2 is 2.28 bits per heavy atom. The van der Waals surface area contributed by atoms with Crippen molar-refractivity contribution in [2.24, 2.45) is 5.73 Å². The van der Waals surface area contributed by atoms with Gasteiger partial charge in [0.25, 0.3) is 0 Å². The van der Waals surface area contributed by atoms with Crippen LogP contribution in [-0.4, -0.2) is 20.1 Å². The first kappa shape index (κ1) is 12.4. The van der Waals surface area contributed by atoms with E-state index in [-0.39, 0.29) is 0 Å². The number of nitrogens with one attached hydrogen (secondary N) is 1. The molecule has 18 heavy (non-hydrogen) atoms. The minimum atomic E-state index is 0.315. The van der Waals surface area contributed by atoms with Crippen LogP contribution in [0.4, 0.5) is 5.82 Å². The lowest BCUT2D eigenvalue weighted by Crippen LogP contribution is -2.17. The second-order valence-electron chi connectivity index (χ2n) is 3.87. The van der Waals surface area contributed by atoms with Gasteiger partial charge in [-0.3, -0.25) is 0 Å². The Balaban J connectivity index is 2.28. The van der Waals surface area contributed by atoms with Gasteiger partial charge in [0.2, 0.25) is 6.39 Å². The van der Waals surface area contributed by atoms with Crippen molar-refractivity contribution in [1.82, 2.24) is 15.1 Å². The molecule has 94 valence electrons. The number of thiocarbonyl (C=S) groups is 1. The molecule has 2 rings (SSSR count). The van der Waals surface area contributed by atoms with Gasteiger partial charge in [0.1, 0.15) is 10.8 Å². The highest BCUT2D eigenvalue weighted by Crippen LogP contribution is 2.19. The van der Waals surface area contributed by atoms with Crippen molar-refractivity contribution in [2.75, 3.05) is 5.32 Å². The van der Waals surface area contributed by atoms with Crippen LogP contribution < -0.4 is 11.1 Å². The highest BCUT2D eigenvalue weighted by Gasteiger charge is 2.11. The molecular formula is C11H13N5OS. The minimum Gasteiger partial charge on any atom is -0.389 e. The van der Waals surface area contributed by atoms with Gasteiger partial charge < -0.3 is 15.6 Å². The zero-order chi connectivity index (χ0) is 13.1. The fourth-order valence-electron chi connectivity index (χ4n) is 1.71. The van der Waals surface area contributed by atoms with E-state index in [1.165, 1.54) is 6.39 Å². The van der Waals surface area contributed by atoms with Crippen molar-refractivity contribution in [3.8, 4) is 0 Å². The monoisotopic (exact) mass is 263 g/mol. The average Bonchev–Trinajstić information content (AvgIpc) is 2.77. The Morgan fingerprint density at radius 3 is 2.89 bits per heavy atom. The van der Waals surface area contributed by atoms with Gasteiger partial charge in [0.15, 0.2) is 5.82 Å². The van der Waals surface area contributed by atoms with E-state index in [0.717, 1.165) is 16.8 Å². The zero-order valence-electron chi connectivity index (χ0n) is 10.1. The topological polar surface area (TPSA) is 89.9 Å². The number of rotatable bonds is 4. The van der Waals surface area contributed by atoms with E-state index >= 15 is 0 Å². The Morgan fingerprint density at radius 1 is 1.50 bits per heavy atom. The molecule has 0 radical (unpaired) electrons. The van der Waals surface area contributed by atoms with E-state index in [9.17, 15) is 0 Å². The third-order valence-corrected chi connectivity index (χ3v) is 2.62. The third-order valence-electron chi connectivity index (χ3n) is 2.41. The molecular weight excluding hydrogens is 250 g/mol. The smallest absolute Gasteiger partial charge is 0.213 e.